The minimum atomic E-state index is -0.673. The normalized spacial score (nSPS) is 27.4. The predicted octanol–water partition coefficient (Wildman–Crippen LogP) is 3.01. The van der Waals surface area contributed by atoms with Gasteiger partial charge in [-0.05, 0) is 45.7 Å². The molecule has 0 saturated carbocycles. The van der Waals surface area contributed by atoms with Crippen LogP contribution in [0.4, 0.5) is 0 Å². The molecule has 0 aromatic heterocycles. The van der Waals surface area contributed by atoms with Crippen molar-refractivity contribution in [3.63, 3.8) is 0 Å². The smallest absolute Gasteiger partial charge is 0.124 e. The highest BCUT2D eigenvalue weighted by Gasteiger charge is 2.26. The van der Waals surface area contributed by atoms with Crippen LogP contribution < -0.4 is 4.74 Å². The van der Waals surface area contributed by atoms with Gasteiger partial charge in [0.1, 0.15) is 11.9 Å². The Balaban J connectivity index is 1.95. The molecule has 0 amide bonds. The summed E-state index contributed by atoms with van der Waals surface area (Å²) in [6.07, 6.45) is 1.65. The van der Waals surface area contributed by atoms with E-state index >= 15 is 0 Å². The molecule has 1 aromatic rings. The maximum Gasteiger partial charge on any atom is 0.124 e. The highest BCUT2D eigenvalue weighted by Crippen LogP contribution is 2.28. The van der Waals surface area contributed by atoms with E-state index in [4.69, 9.17) is 14.2 Å². The maximum atomic E-state index is 10.4. The molecule has 21 heavy (non-hydrogen) atoms. The van der Waals surface area contributed by atoms with Crippen molar-refractivity contribution >= 4 is 0 Å². The Kier molecular flexibility index (Phi) is 5.62. The summed E-state index contributed by atoms with van der Waals surface area (Å²) < 4.78 is 16.9. The molecular weight excluding hydrogens is 268 g/mol. The maximum absolute atomic E-state index is 10.4. The van der Waals surface area contributed by atoms with E-state index in [2.05, 4.69) is 13.8 Å². The van der Waals surface area contributed by atoms with Gasteiger partial charge in [-0.25, -0.2) is 0 Å². The first-order chi connectivity index (χ1) is 9.99. The molecule has 0 radical (unpaired) electrons. The van der Waals surface area contributed by atoms with Gasteiger partial charge in [-0.1, -0.05) is 11.6 Å². The van der Waals surface area contributed by atoms with E-state index in [0.29, 0.717) is 5.75 Å². The van der Waals surface area contributed by atoms with Crippen molar-refractivity contribution in [1.29, 1.82) is 0 Å². The fraction of sp³-hybridized carbons (Fsp3) is 0.647. The molecule has 0 aliphatic carbocycles. The van der Waals surface area contributed by atoms with Crippen molar-refractivity contribution in [2.45, 2.75) is 58.0 Å². The molecule has 0 spiro atoms. The van der Waals surface area contributed by atoms with Crippen LogP contribution in [0.15, 0.2) is 18.2 Å². The number of hydrogen-bond donors (Lipinski definition) is 1. The molecule has 1 fully saturated rings. The number of hydrogen-bond acceptors (Lipinski definition) is 4. The molecule has 1 aromatic carbocycles. The lowest BCUT2D eigenvalue weighted by atomic mass is 10.0. The Hall–Kier alpha value is -1.10. The first-order valence-electron chi connectivity index (χ1n) is 7.59. The van der Waals surface area contributed by atoms with Gasteiger partial charge in [-0.15, -0.1) is 0 Å². The van der Waals surface area contributed by atoms with Crippen LogP contribution in [0.3, 0.4) is 0 Å². The topological polar surface area (TPSA) is 47.9 Å². The second kappa shape index (κ2) is 7.25. The summed E-state index contributed by atoms with van der Waals surface area (Å²) in [5.41, 5.74) is 1.88. The number of benzene rings is 1. The Morgan fingerprint density at radius 3 is 2.57 bits per heavy atom. The fourth-order valence-electron chi connectivity index (χ4n) is 2.91. The van der Waals surface area contributed by atoms with Crippen LogP contribution in [0, 0.1) is 6.92 Å². The Morgan fingerprint density at radius 2 is 1.95 bits per heavy atom. The van der Waals surface area contributed by atoms with Crippen LogP contribution in [0.5, 0.6) is 5.75 Å². The number of methoxy groups -OCH3 is 1. The molecule has 1 aliphatic heterocycles. The highest BCUT2D eigenvalue weighted by atomic mass is 16.5. The lowest BCUT2D eigenvalue weighted by Gasteiger charge is -2.32. The van der Waals surface area contributed by atoms with Crippen LogP contribution in [-0.4, -0.2) is 37.1 Å². The summed E-state index contributed by atoms with van der Waals surface area (Å²) in [6, 6.07) is 5.80. The molecule has 1 heterocycles. The van der Waals surface area contributed by atoms with Crippen LogP contribution in [0.2, 0.25) is 0 Å². The van der Waals surface area contributed by atoms with E-state index in [0.717, 1.165) is 24.0 Å². The van der Waals surface area contributed by atoms with Crippen molar-refractivity contribution < 1.29 is 19.3 Å². The average Bonchev–Trinajstić information content (AvgIpc) is 2.43. The third-order valence-electron chi connectivity index (χ3n) is 3.89. The van der Waals surface area contributed by atoms with Gasteiger partial charge in [0.2, 0.25) is 0 Å². The highest BCUT2D eigenvalue weighted by molar-refractivity contribution is 5.38. The van der Waals surface area contributed by atoms with Gasteiger partial charge in [-0.2, -0.15) is 0 Å². The van der Waals surface area contributed by atoms with Crippen molar-refractivity contribution in [2.75, 3.05) is 13.7 Å². The predicted molar refractivity (Wildman–Crippen MR) is 81.7 cm³/mol. The first-order valence-corrected chi connectivity index (χ1v) is 7.59. The molecule has 1 N–H and O–H groups in total. The van der Waals surface area contributed by atoms with Crippen molar-refractivity contribution in [2.24, 2.45) is 0 Å². The van der Waals surface area contributed by atoms with Gasteiger partial charge < -0.3 is 19.3 Å². The number of aliphatic hydroxyl groups excluding tert-OH is 1. The van der Waals surface area contributed by atoms with Crippen LogP contribution >= 0.6 is 0 Å². The molecule has 1 saturated heterocycles. The minimum Gasteiger partial charge on any atom is -0.496 e. The largest absolute Gasteiger partial charge is 0.496 e. The summed E-state index contributed by atoms with van der Waals surface area (Å²) in [5, 5.41) is 10.4. The zero-order valence-electron chi connectivity index (χ0n) is 13.3. The molecule has 3 unspecified atom stereocenters. The van der Waals surface area contributed by atoms with Crippen molar-refractivity contribution in [3.8, 4) is 5.75 Å². The van der Waals surface area contributed by atoms with Crippen LogP contribution in [-0.2, 0) is 9.47 Å². The quantitative estimate of drug-likeness (QED) is 0.907. The lowest BCUT2D eigenvalue weighted by Crippen LogP contribution is -2.34. The summed E-state index contributed by atoms with van der Waals surface area (Å²) in [5.74, 6) is 0.699. The van der Waals surface area contributed by atoms with Gasteiger partial charge in [-0.3, -0.25) is 0 Å². The molecule has 4 heteroatoms. The fourth-order valence-corrected chi connectivity index (χ4v) is 2.91. The van der Waals surface area contributed by atoms with Crippen molar-refractivity contribution in [1.82, 2.24) is 0 Å². The second-order valence-corrected chi connectivity index (χ2v) is 5.95. The third kappa shape index (κ3) is 4.43. The van der Waals surface area contributed by atoms with E-state index in [1.54, 1.807) is 7.11 Å². The van der Waals surface area contributed by atoms with Crippen molar-refractivity contribution in [3.05, 3.63) is 29.3 Å². The van der Waals surface area contributed by atoms with Crippen LogP contribution in [0.1, 0.15) is 43.9 Å². The van der Waals surface area contributed by atoms with E-state index in [1.165, 1.54) is 0 Å². The molecule has 4 nitrogen and oxygen atoms in total. The number of ether oxygens (including phenoxy) is 3. The van der Waals surface area contributed by atoms with E-state index in [-0.39, 0.29) is 24.9 Å². The Morgan fingerprint density at radius 1 is 1.29 bits per heavy atom. The van der Waals surface area contributed by atoms with Gasteiger partial charge >= 0.3 is 0 Å². The lowest BCUT2D eigenvalue weighted by molar-refractivity contribution is -0.114. The van der Waals surface area contributed by atoms with Gasteiger partial charge in [0.25, 0.3) is 0 Å². The molecule has 3 atom stereocenters. The Labute approximate surface area is 127 Å². The summed E-state index contributed by atoms with van der Waals surface area (Å²) in [4.78, 5) is 0. The Bertz CT molecular complexity index is 450. The van der Waals surface area contributed by atoms with Crippen LogP contribution in [0.25, 0.3) is 0 Å². The van der Waals surface area contributed by atoms with Gasteiger partial charge in [0.05, 0.1) is 32.0 Å². The zero-order chi connectivity index (χ0) is 15.4. The third-order valence-corrected chi connectivity index (χ3v) is 3.89. The van der Waals surface area contributed by atoms with Gasteiger partial charge in [0, 0.05) is 5.56 Å². The second-order valence-electron chi connectivity index (χ2n) is 5.95. The summed E-state index contributed by atoms with van der Waals surface area (Å²) in [7, 11) is 1.61. The van der Waals surface area contributed by atoms with E-state index in [1.807, 2.05) is 25.1 Å². The monoisotopic (exact) mass is 294 g/mol. The standard InChI is InChI=1S/C17H26O4/c1-11-5-6-17(19-4)15(7-11)16(18)10-20-14-8-12(2)21-13(3)9-14/h5-7,12-14,16,18H,8-10H2,1-4H3. The average molecular weight is 294 g/mol. The number of rotatable bonds is 5. The summed E-state index contributed by atoms with van der Waals surface area (Å²) in [6.45, 7) is 6.40. The minimum absolute atomic E-state index is 0.147. The molecule has 1 aliphatic rings. The molecule has 0 bridgehead atoms. The SMILES string of the molecule is COc1ccc(C)cc1C(O)COC1CC(C)OC(C)C1. The molecule has 118 valence electrons. The molecule has 2 rings (SSSR count). The zero-order valence-corrected chi connectivity index (χ0v) is 13.3. The van der Waals surface area contributed by atoms with E-state index < -0.39 is 6.10 Å². The molecular formula is C17H26O4. The van der Waals surface area contributed by atoms with Gasteiger partial charge in [0.15, 0.2) is 0 Å². The number of aliphatic hydroxyl groups is 1. The first kappa shape index (κ1) is 16.3. The van der Waals surface area contributed by atoms with E-state index in [9.17, 15) is 5.11 Å². The number of aryl methyl sites for hydroxylation is 1. The summed E-state index contributed by atoms with van der Waals surface area (Å²) >= 11 is 0.